The van der Waals surface area contributed by atoms with Crippen molar-refractivity contribution in [2.45, 2.75) is 52.5 Å². The Morgan fingerprint density at radius 2 is 1.84 bits per heavy atom. The summed E-state index contributed by atoms with van der Waals surface area (Å²) in [5, 5.41) is 7.28. The topological polar surface area (TPSA) is 53.9 Å². The predicted molar refractivity (Wildman–Crippen MR) is 131 cm³/mol. The second kappa shape index (κ2) is 10.3. The van der Waals surface area contributed by atoms with E-state index in [1.807, 2.05) is 21.6 Å². The van der Waals surface area contributed by atoms with Gasteiger partial charge in [-0.2, -0.15) is 5.10 Å². The van der Waals surface area contributed by atoms with Crippen molar-refractivity contribution in [3.8, 4) is 11.4 Å². The molecule has 2 heterocycles. The third-order valence-electron chi connectivity index (χ3n) is 6.51. The van der Waals surface area contributed by atoms with Crippen LogP contribution in [0.25, 0.3) is 11.4 Å². The number of carbonyl (C=O) groups excluding carboxylic acids is 1. The number of aryl methyl sites for hydroxylation is 3. The van der Waals surface area contributed by atoms with Gasteiger partial charge in [0.05, 0.1) is 0 Å². The highest BCUT2D eigenvalue weighted by molar-refractivity contribution is 7.71. The van der Waals surface area contributed by atoms with E-state index >= 15 is 0 Å². The lowest BCUT2D eigenvalue weighted by Crippen LogP contribution is -2.38. The molecule has 0 unspecified atom stereocenters. The number of hydrogen-bond acceptors (Lipinski definition) is 3. The van der Waals surface area contributed by atoms with Crippen molar-refractivity contribution in [1.29, 1.82) is 0 Å². The van der Waals surface area contributed by atoms with E-state index in [0.29, 0.717) is 23.7 Å². The van der Waals surface area contributed by atoms with Gasteiger partial charge in [-0.3, -0.25) is 14.5 Å². The summed E-state index contributed by atoms with van der Waals surface area (Å²) in [4.78, 5) is 14.9. The molecule has 3 aromatic rings. The Bertz CT molecular complexity index is 1110. The van der Waals surface area contributed by atoms with Crippen molar-refractivity contribution in [1.82, 2.24) is 19.7 Å². The molecule has 1 fully saturated rings. The molecule has 6 heteroatoms. The number of aromatic amines is 1. The number of rotatable bonds is 7. The highest BCUT2D eigenvalue weighted by atomic mass is 32.1. The molecular formula is C26H32N4OS. The van der Waals surface area contributed by atoms with E-state index in [4.69, 9.17) is 12.2 Å². The van der Waals surface area contributed by atoms with E-state index in [1.165, 1.54) is 23.1 Å². The number of H-pyrrole nitrogens is 1. The maximum absolute atomic E-state index is 12.9. The minimum atomic E-state index is 0.209. The van der Waals surface area contributed by atoms with Crippen molar-refractivity contribution in [2.75, 3.05) is 13.1 Å². The number of hydrogen-bond donors (Lipinski definition) is 1. The van der Waals surface area contributed by atoms with E-state index in [9.17, 15) is 4.79 Å². The zero-order valence-corrected chi connectivity index (χ0v) is 19.8. The van der Waals surface area contributed by atoms with Crippen LogP contribution in [-0.2, 0) is 17.8 Å². The summed E-state index contributed by atoms with van der Waals surface area (Å²) in [7, 11) is 0. The quantitative estimate of drug-likeness (QED) is 0.487. The van der Waals surface area contributed by atoms with E-state index in [-0.39, 0.29) is 5.91 Å². The lowest BCUT2D eigenvalue weighted by atomic mass is 9.90. The van der Waals surface area contributed by atoms with Crippen molar-refractivity contribution in [2.24, 2.45) is 5.92 Å². The van der Waals surface area contributed by atoms with Gasteiger partial charge in [0.15, 0.2) is 10.6 Å². The van der Waals surface area contributed by atoms with Crippen molar-refractivity contribution in [3.63, 3.8) is 0 Å². The zero-order valence-electron chi connectivity index (χ0n) is 19.0. The summed E-state index contributed by atoms with van der Waals surface area (Å²) in [6.45, 7) is 6.45. The lowest BCUT2D eigenvalue weighted by molar-refractivity contribution is -0.132. The number of carbonyl (C=O) groups is 1. The average molecular weight is 449 g/mol. The van der Waals surface area contributed by atoms with Crippen LogP contribution in [0.2, 0.25) is 0 Å². The van der Waals surface area contributed by atoms with Crippen LogP contribution in [-0.4, -0.2) is 38.7 Å². The predicted octanol–water partition coefficient (Wildman–Crippen LogP) is 5.49. The fourth-order valence-electron chi connectivity index (χ4n) is 4.49. The van der Waals surface area contributed by atoms with E-state index in [1.54, 1.807) is 0 Å². The standard InChI is InChI=1S/C26H32N4OS/c1-19-6-8-21(9-7-19)10-11-22-12-15-29(16-13-22)24(31)14-17-30-25(27-28-26(30)32)23-5-3-4-20(2)18-23/h3-9,18,22H,10-17H2,1-2H3,(H,28,32). The molecule has 1 aliphatic rings. The molecule has 0 atom stereocenters. The number of amides is 1. The minimum absolute atomic E-state index is 0.209. The lowest BCUT2D eigenvalue weighted by Gasteiger charge is -2.32. The first-order valence-electron chi connectivity index (χ1n) is 11.5. The van der Waals surface area contributed by atoms with Crippen LogP contribution in [0.3, 0.4) is 0 Å². The van der Waals surface area contributed by atoms with Gasteiger partial charge in [-0.15, -0.1) is 0 Å². The molecule has 1 amide bonds. The summed E-state index contributed by atoms with van der Waals surface area (Å²) >= 11 is 5.43. The minimum Gasteiger partial charge on any atom is -0.343 e. The summed E-state index contributed by atoms with van der Waals surface area (Å²) in [6.07, 6.45) is 4.96. The Morgan fingerprint density at radius 1 is 1.09 bits per heavy atom. The van der Waals surface area contributed by atoms with Crippen molar-refractivity contribution >= 4 is 18.1 Å². The second-order valence-corrected chi connectivity index (χ2v) is 9.36. The monoisotopic (exact) mass is 448 g/mol. The molecular weight excluding hydrogens is 416 g/mol. The van der Waals surface area contributed by atoms with Gasteiger partial charge in [0.2, 0.25) is 5.91 Å². The van der Waals surface area contributed by atoms with Gasteiger partial charge in [0.25, 0.3) is 0 Å². The van der Waals surface area contributed by atoms with Crippen LogP contribution in [0.1, 0.15) is 42.4 Å². The molecule has 32 heavy (non-hydrogen) atoms. The molecule has 168 valence electrons. The van der Waals surface area contributed by atoms with Gasteiger partial charge >= 0.3 is 0 Å². The van der Waals surface area contributed by atoms with Crippen LogP contribution in [0, 0.1) is 24.5 Å². The molecule has 1 aliphatic heterocycles. The van der Waals surface area contributed by atoms with E-state index in [2.05, 4.69) is 60.4 Å². The molecule has 4 rings (SSSR count). The number of benzene rings is 2. The maximum Gasteiger partial charge on any atom is 0.224 e. The third-order valence-corrected chi connectivity index (χ3v) is 6.82. The summed E-state index contributed by atoms with van der Waals surface area (Å²) in [5.41, 5.74) is 4.90. The smallest absolute Gasteiger partial charge is 0.224 e. The van der Waals surface area contributed by atoms with Crippen LogP contribution in [0.5, 0.6) is 0 Å². The van der Waals surface area contributed by atoms with Crippen molar-refractivity contribution in [3.05, 3.63) is 70.0 Å². The summed E-state index contributed by atoms with van der Waals surface area (Å²) in [5.74, 6) is 1.71. The molecule has 0 saturated carbocycles. The van der Waals surface area contributed by atoms with Gasteiger partial charge in [-0.05, 0) is 69.3 Å². The number of aromatic nitrogens is 3. The normalized spacial score (nSPS) is 14.6. The SMILES string of the molecule is Cc1ccc(CCC2CCN(C(=O)CCn3c(-c4cccc(C)c4)n[nH]c3=S)CC2)cc1. The fourth-order valence-corrected chi connectivity index (χ4v) is 4.72. The Morgan fingerprint density at radius 3 is 2.56 bits per heavy atom. The molecule has 0 aliphatic carbocycles. The average Bonchev–Trinajstić information content (AvgIpc) is 3.17. The summed E-state index contributed by atoms with van der Waals surface area (Å²) in [6, 6.07) is 17.0. The molecule has 0 radical (unpaired) electrons. The van der Waals surface area contributed by atoms with Gasteiger partial charge in [-0.25, -0.2) is 0 Å². The number of nitrogens with zero attached hydrogens (tertiary/aromatic N) is 3. The van der Waals surface area contributed by atoms with Crippen LogP contribution in [0.4, 0.5) is 0 Å². The van der Waals surface area contributed by atoms with Gasteiger partial charge < -0.3 is 4.90 Å². The van der Waals surface area contributed by atoms with E-state index in [0.717, 1.165) is 43.7 Å². The number of nitrogens with one attached hydrogen (secondary N) is 1. The molecule has 2 aromatic carbocycles. The largest absolute Gasteiger partial charge is 0.343 e. The Labute approximate surface area is 195 Å². The molecule has 1 saturated heterocycles. The fraction of sp³-hybridized carbons (Fsp3) is 0.423. The molecule has 1 N–H and O–H groups in total. The van der Waals surface area contributed by atoms with E-state index < -0.39 is 0 Å². The first-order chi connectivity index (χ1) is 15.5. The Kier molecular flexibility index (Phi) is 7.20. The highest BCUT2D eigenvalue weighted by Crippen LogP contribution is 2.24. The van der Waals surface area contributed by atoms with Gasteiger partial charge in [0, 0.05) is 31.6 Å². The second-order valence-electron chi connectivity index (χ2n) is 8.97. The maximum atomic E-state index is 12.9. The van der Waals surface area contributed by atoms with Gasteiger partial charge in [-0.1, -0.05) is 53.6 Å². The first kappa shape index (κ1) is 22.5. The van der Waals surface area contributed by atoms with Crippen LogP contribution < -0.4 is 0 Å². The zero-order chi connectivity index (χ0) is 22.5. The molecule has 0 bridgehead atoms. The van der Waals surface area contributed by atoms with Gasteiger partial charge in [0.1, 0.15) is 0 Å². The Hall–Kier alpha value is -2.73. The van der Waals surface area contributed by atoms with Crippen LogP contribution in [0.15, 0.2) is 48.5 Å². The number of likely N-dealkylation sites (tertiary alicyclic amines) is 1. The first-order valence-corrected chi connectivity index (χ1v) is 12.0. The highest BCUT2D eigenvalue weighted by Gasteiger charge is 2.23. The molecule has 5 nitrogen and oxygen atoms in total. The van der Waals surface area contributed by atoms with Crippen LogP contribution >= 0.6 is 12.2 Å². The molecule has 0 spiro atoms. The molecule has 1 aromatic heterocycles. The van der Waals surface area contributed by atoms with Crippen molar-refractivity contribution < 1.29 is 4.79 Å². The third kappa shape index (κ3) is 5.54. The number of piperidine rings is 1. The Balaban J connectivity index is 1.27. The summed E-state index contributed by atoms with van der Waals surface area (Å²) < 4.78 is 2.50.